The molecule has 1 aromatic rings. The van der Waals surface area contributed by atoms with Crippen LogP contribution in [-0.4, -0.2) is 40.0 Å². The molecule has 18 heavy (non-hydrogen) atoms. The highest BCUT2D eigenvalue weighted by Crippen LogP contribution is 2.24. The smallest absolute Gasteiger partial charge is 0.356 e. The summed E-state index contributed by atoms with van der Waals surface area (Å²) in [5, 5.41) is 8.57. The third-order valence-corrected chi connectivity index (χ3v) is 1.84. The predicted octanol–water partition coefficient (Wildman–Crippen LogP) is 1.76. The topological polar surface area (TPSA) is 72.3 Å². The molecule has 0 fully saturated rings. The summed E-state index contributed by atoms with van der Waals surface area (Å²) in [6, 6.07) is 0. The van der Waals surface area contributed by atoms with Crippen LogP contribution < -0.4 is 4.74 Å². The number of carbonyl (C=O) groups is 1. The zero-order valence-electron chi connectivity index (χ0n) is 9.03. The van der Waals surface area contributed by atoms with Crippen LogP contribution in [0.2, 0.25) is 0 Å². The number of alkyl halides is 4. The van der Waals surface area contributed by atoms with Gasteiger partial charge in [0.05, 0.1) is 6.20 Å². The van der Waals surface area contributed by atoms with E-state index in [0.717, 1.165) is 6.20 Å². The van der Waals surface area contributed by atoms with Crippen LogP contribution in [0.3, 0.4) is 0 Å². The quantitative estimate of drug-likeness (QED) is 0.824. The number of nitrogens with zero attached hydrogens (tertiary/aromatic N) is 2. The van der Waals surface area contributed by atoms with Crippen LogP contribution in [0.4, 0.5) is 17.6 Å². The second kappa shape index (κ2) is 5.15. The van der Waals surface area contributed by atoms with Crippen LogP contribution in [0.25, 0.3) is 0 Å². The molecule has 9 heteroatoms. The highest BCUT2D eigenvalue weighted by atomic mass is 19.3. The summed E-state index contributed by atoms with van der Waals surface area (Å²) in [4.78, 5) is 17.4. The Kier molecular flexibility index (Phi) is 4.04. The van der Waals surface area contributed by atoms with Crippen molar-refractivity contribution in [2.45, 2.75) is 19.3 Å². The average molecular weight is 268 g/mol. The summed E-state index contributed by atoms with van der Waals surface area (Å²) in [6.07, 6.45) is -3.07. The molecule has 1 aromatic heterocycles. The minimum absolute atomic E-state index is 0.0834. The zero-order chi connectivity index (χ0) is 13.9. The third-order valence-electron chi connectivity index (χ3n) is 1.84. The van der Waals surface area contributed by atoms with Crippen LogP contribution >= 0.6 is 0 Å². The van der Waals surface area contributed by atoms with Gasteiger partial charge in [0.25, 0.3) is 0 Å². The SMILES string of the molecule is Cc1nc(C(=O)O)cnc1OCC(F)(F)C(F)F. The fourth-order valence-electron chi connectivity index (χ4n) is 0.943. The molecule has 1 rings (SSSR count). The summed E-state index contributed by atoms with van der Waals surface area (Å²) >= 11 is 0. The van der Waals surface area contributed by atoms with E-state index in [2.05, 4.69) is 14.7 Å². The molecule has 0 aromatic carbocycles. The Morgan fingerprint density at radius 1 is 1.56 bits per heavy atom. The van der Waals surface area contributed by atoms with Gasteiger partial charge in [0.1, 0.15) is 5.69 Å². The number of carboxylic acids is 1. The Hall–Kier alpha value is -1.93. The molecule has 5 nitrogen and oxygen atoms in total. The molecular weight excluding hydrogens is 260 g/mol. The number of carboxylic acid groups (broad SMARTS) is 1. The van der Waals surface area contributed by atoms with E-state index in [9.17, 15) is 22.4 Å². The number of aromatic nitrogens is 2. The van der Waals surface area contributed by atoms with Crippen LogP contribution in [0.15, 0.2) is 6.20 Å². The van der Waals surface area contributed by atoms with Gasteiger partial charge >= 0.3 is 18.3 Å². The van der Waals surface area contributed by atoms with E-state index in [1.54, 1.807) is 0 Å². The third kappa shape index (κ3) is 3.28. The first-order valence-corrected chi connectivity index (χ1v) is 4.59. The number of aryl methyl sites for hydroxylation is 1. The van der Waals surface area contributed by atoms with Crippen molar-refractivity contribution in [2.24, 2.45) is 0 Å². The van der Waals surface area contributed by atoms with Gasteiger partial charge in [0.2, 0.25) is 5.88 Å². The number of aromatic carboxylic acids is 1. The van der Waals surface area contributed by atoms with Gasteiger partial charge in [-0.2, -0.15) is 8.78 Å². The van der Waals surface area contributed by atoms with Gasteiger partial charge in [-0.05, 0) is 6.92 Å². The minimum Gasteiger partial charge on any atom is -0.476 e. The molecule has 0 saturated heterocycles. The molecule has 0 aliphatic rings. The van der Waals surface area contributed by atoms with Crippen molar-refractivity contribution < 1.29 is 32.2 Å². The lowest BCUT2D eigenvalue weighted by Crippen LogP contribution is -2.34. The van der Waals surface area contributed by atoms with Gasteiger partial charge in [-0.15, -0.1) is 0 Å². The van der Waals surface area contributed by atoms with Crippen LogP contribution in [0.1, 0.15) is 16.2 Å². The van der Waals surface area contributed by atoms with E-state index in [4.69, 9.17) is 5.11 Å². The standard InChI is InChI=1S/C9H8F4N2O3/c1-4-6(14-2-5(15-4)7(16)17)18-3-9(12,13)8(10)11/h2,8H,3H2,1H3,(H,16,17). The first-order valence-electron chi connectivity index (χ1n) is 4.59. The number of rotatable bonds is 5. The lowest BCUT2D eigenvalue weighted by Gasteiger charge is -2.15. The van der Waals surface area contributed by atoms with Gasteiger partial charge in [-0.1, -0.05) is 0 Å². The van der Waals surface area contributed by atoms with E-state index < -0.39 is 36.5 Å². The summed E-state index contributed by atoms with van der Waals surface area (Å²) in [6.45, 7) is -0.304. The van der Waals surface area contributed by atoms with Crippen molar-refractivity contribution in [3.05, 3.63) is 17.6 Å². The summed E-state index contributed by atoms with van der Waals surface area (Å²) < 4.78 is 53.2. The van der Waals surface area contributed by atoms with E-state index >= 15 is 0 Å². The lowest BCUT2D eigenvalue weighted by atomic mass is 10.3. The van der Waals surface area contributed by atoms with Crippen molar-refractivity contribution in [1.82, 2.24) is 9.97 Å². The number of halogens is 4. The Balaban J connectivity index is 2.78. The molecule has 1 heterocycles. The van der Waals surface area contributed by atoms with Crippen LogP contribution in [-0.2, 0) is 0 Å². The second-order valence-corrected chi connectivity index (χ2v) is 3.30. The number of hydrogen-bond acceptors (Lipinski definition) is 4. The maximum Gasteiger partial charge on any atom is 0.356 e. The molecule has 0 unspecified atom stereocenters. The Bertz CT molecular complexity index is 453. The van der Waals surface area contributed by atoms with Crippen molar-refractivity contribution in [3.63, 3.8) is 0 Å². The molecule has 1 N–H and O–H groups in total. The zero-order valence-corrected chi connectivity index (χ0v) is 9.03. The first-order chi connectivity index (χ1) is 8.24. The summed E-state index contributed by atoms with van der Waals surface area (Å²) in [7, 11) is 0. The Labute approximate surface area is 98.4 Å². The van der Waals surface area contributed by atoms with E-state index in [1.807, 2.05) is 0 Å². The normalized spacial score (nSPS) is 11.7. The fourth-order valence-corrected chi connectivity index (χ4v) is 0.943. The fraction of sp³-hybridized carbons (Fsp3) is 0.444. The Morgan fingerprint density at radius 2 is 2.17 bits per heavy atom. The molecule has 0 amide bonds. The highest BCUT2D eigenvalue weighted by molar-refractivity contribution is 5.84. The molecule has 0 aliphatic heterocycles. The maximum absolute atomic E-state index is 12.6. The van der Waals surface area contributed by atoms with E-state index in [-0.39, 0.29) is 5.69 Å². The molecular formula is C9H8F4N2O3. The molecule has 100 valence electrons. The molecule has 0 spiro atoms. The highest BCUT2D eigenvalue weighted by Gasteiger charge is 2.42. The molecule has 0 radical (unpaired) electrons. The van der Waals surface area contributed by atoms with Gasteiger partial charge in [0, 0.05) is 0 Å². The van der Waals surface area contributed by atoms with Crippen LogP contribution in [0, 0.1) is 6.92 Å². The lowest BCUT2D eigenvalue weighted by molar-refractivity contribution is -0.148. The van der Waals surface area contributed by atoms with Crippen molar-refractivity contribution >= 4 is 5.97 Å². The first kappa shape index (κ1) is 14.1. The number of ether oxygens (including phenoxy) is 1. The predicted molar refractivity (Wildman–Crippen MR) is 50.2 cm³/mol. The van der Waals surface area contributed by atoms with Crippen molar-refractivity contribution in [2.75, 3.05) is 6.61 Å². The maximum atomic E-state index is 12.6. The van der Waals surface area contributed by atoms with E-state index in [0.29, 0.717) is 0 Å². The van der Waals surface area contributed by atoms with Gasteiger partial charge in [-0.3, -0.25) is 0 Å². The van der Waals surface area contributed by atoms with Gasteiger partial charge in [0.15, 0.2) is 12.3 Å². The summed E-state index contributed by atoms with van der Waals surface area (Å²) in [5.74, 6) is -6.07. The van der Waals surface area contributed by atoms with Crippen LogP contribution in [0.5, 0.6) is 5.88 Å². The van der Waals surface area contributed by atoms with Crippen molar-refractivity contribution in [3.8, 4) is 5.88 Å². The molecule has 0 saturated carbocycles. The second-order valence-electron chi connectivity index (χ2n) is 3.30. The Morgan fingerprint density at radius 3 is 2.61 bits per heavy atom. The largest absolute Gasteiger partial charge is 0.476 e. The monoisotopic (exact) mass is 268 g/mol. The van der Waals surface area contributed by atoms with Gasteiger partial charge in [-0.25, -0.2) is 23.5 Å². The van der Waals surface area contributed by atoms with Crippen molar-refractivity contribution in [1.29, 1.82) is 0 Å². The minimum atomic E-state index is -4.31. The van der Waals surface area contributed by atoms with E-state index in [1.165, 1.54) is 6.92 Å². The molecule has 0 atom stereocenters. The average Bonchev–Trinajstić information content (AvgIpc) is 2.26. The van der Waals surface area contributed by atoms with Gasteiger partial charge < -0.3 is 9.84 Å². The molecule has 0 bridgehead atoms. The number of hydrogen-bond donors (Lipinski definition) is 1. The molecule has 0 aliphatic carbocycles. The summed E-state index contributed by atoms with van der Waals surface area (Å²) in [5.41, 5.74) is -0.486.